The molecule has 0 saturated heterocycles. The second kappa shape index (κ2) is 9.27. The first kappa shape index (κ1) is 19.8. The van der Waals surface area contributed by atoms with E-state index in [0.717, 1.165) is 4.90 Å². The van der Waals surface area contributed by atoms with Gasteiger partial charge in [-0.1, -0.05) is 0 Å². The number of amides is 1. The van der Waals surface area contributed by atoms with Crippen LogP contribution in [0.15, 0.2) is 70.4 Å². The highest BCUT2D eigenvalue weighted by molar-refractivity contribution is 8.00. The number of rotatable bonds is 7. The van der Waals surface area contributed by atoms with Gasteiger partial charge in [-0.05, 0) is 54.6 Å². The molecule has 1 amide bonds. The van der Waals surface area contributed by atoms with Crippen LogP contribution in [0.4, 0.5) is 8.78 Å². The maximum atomic E-state index is 13.0. The fourth-order valence-electron chi connectivity index (χ4n) is 2.42. The van der Waals surface area contributed by atoms with Crippen LogP contribution in [-0.4, -0.2) is 28.0 Å². The monoisotopic (exact) mass is 401 g/mol. The Bertz CT molecular complexity index is 1010. The molecule has 3 rings (SSSR count). The fourth-order valence-corrected chi connectivity index (χ4v) is 3.14. The molecule has 0 fully saturated rings. The Balaban J connectivity index is 1.53. The van der Waals surface area contributed by atoms with E-state index in [4.69, 9.17) is 0 Å². The third-order valence-corrected chi connectivity index (χ3v) is 4.85. The SMILES string of the molecule is O=C(CSc1ccc(F)cc1)NCCn1nc(-c2ccc(F)cc2)ccc1=O. The average Bonchev–Trinajstić information content (AvgIpc) is 2.70. The van der Waals surface area contributed by atoms with E-state index in [9.17, 15) is 18.4 Å². The molecule has 3 aromatic rings. The van der Waals surface area contributed by atoms with Crippen molar-refractivity contribution in [3.8, 4) is 11.3 Å². The molecular formula is C20H17F2N3O2S. The zero-order valence-electron chi connectivity index (χ0n) is 14.8. The number of hydrogen-bond acceptors (Lipinski definition) is 4. The van der Waals surface area contributed by atoms with Crippen molar-refractivity contribution in [2.75, 3.05) is 12.3 Å². The topological polar surface area (TPSA) is 64.0 Å². The van der Waals surface area contributed by atoms with Crippen molar-refractivity contribution in [3.05, 3.63) is 82.7 Å². The van der Waals surface area contributed by atoms with Crippen molar-refractivity contribution in [3.63, 3.8) is 0 Å². The Kier molecular flexibility index (Phi) is 6.54. The van der Waals surface area contributed by atoms with Crippen LogP contribution in [0.5, 0.6) is 0 Å². The number of hydrogen-bond donors (Lipinski definition) is 1. The summed E-state index contributed by atoms with van der Waals surface area (Å²) in [5.74, 6) is -0.686. The van der Waals surface area contributed by atoms with Gasteiger partial charge in [0.2, 0.25) is 5.91 Å². The number of carbonyl (C=O) groups excluding carboxylic acids is 1. The zero-order chi connectivity index (χ0) is 19.9. The Labute approximate surface area is 164 Å². The van der Waals surface area contributed by atoms with E-state index in [0.29, 0.717) is 11.3 Å². The van der Waals surface area contributed by atoms with Gasteiger partial charge in [0.1, 0.15) is 11.6 Å². The average molecular weight is 401 g/mol. The summed E-state index contributed by atoms with van der Waals surface area (Å²) in [6.07, 6.45) is 0. The molecule has 0 aliphatic rings. The summed E-state index contributed by atoms with van der Waals surface area (Å²) in [5.41, 5.74) is 0.938. The molecule has 1 heterocycles. The van der Waals surface area contributed by atoms with Crippen molar-refractivity contribution in [2.24, 2.45) is 0 Å². The standard InChI is InChI=1S/C20H17F2N3O2S/c21-15-3-1-14(2-4-15)18-9-10-20(27)25(24-18)12-11-23-19(26)13-28-17-7-5-16(22)6-8-17/h1-10H,11-13H2,(H,23,26). The second-order valence-electron chi connectivity index (χ2n) is 5.88. The lowest BCUT2D eigenvalue weighted by molar-refractivity contribution is -0.118. The summed E-state index contributed by atoms with van der Waals surface area (Å²) in [4.78, 5) is 24.7. The number of thioether (sulfide) groups is 1. The van der Waals surface area contributed by atoms with Gasteiger partial charge in [0.15, 0.2) is 0 Å². The number of nitrogens with zero attached hydrogens (tertiary/aromatic N) is 2. The van der Waals surface area contributed by atoms with Gasteiger partial charge in [0.05, 0.1) is 18.0 Å². The number of carbonyl (C=O) groups is 1. The molecule has 0 aliphatic carbocycles. The first-order valence-electron chi connectivity index (χ1n) is 8.50. The highest BCUT2D eigenvalue weighted by Gasteiger charge is 2.06. The van der Waals surface area contributed by atoms with Gasteiger partial charge in [-0.25, -0.2) is 13.5 Å². The number of benzene rings is 2. The highest BCUT2D eigenvalue weighted by Crippen LogP contribution is 2.17. The number of nitrogens with one attached hydrogen (secondary N) is 1. The minimum absolute atomic E-state index is 0.184. The van der Waals surface area contributed by atoms with Gasteiger partial charge in [0.25, 0.3) is 5.56 Å². The van der Waals surface area contributed by atoms with Gasteiger partial charge >= 0.3 is 0 Å². The maximum Gasteiger partial charge on any atom is 0.266 e. The first-order chi connectivity index (χ1) is 13.5. The zero-order valence-corrected chi connectivity index (χ0v) is 15.6. The molecular weight excluding hydrogens is 384 g/mol. The van der Waals surface area contributed by atoms with Crippen LogP contribution in [0.2, 0.25) is 0 Å². The molecule has 144 valence electrons. The summed E-state index contributed by atoms with van der Waals surface area (Å²) in [6, 6.07) is 14.7. The molecule has 0 aliphatic heterocycles. The molecule has 2 aromatic carbocycles. The Morgan fingerprint density at radius 3 is 2.29 bits per heavy atom. The smallest absolute Gasteiger partial charge is 0.266 e. The van der Waals surface area contributed by atoms with Gasteiger partial charge in [-0.15, -0.1) is 11.8 Å². The molecule has 0 radical (unpaired) electrons. The summed E-state index contributed by atoms with van der Waals surface area (Å²) in [6.45, 7) is 0.448. The molecule has 0 saturated carbocycles. The maximum absolute atomic E-state index is 13.0. The van der Waals surface area contributed by atoms with E-state index >= 15 is 0 Å². The van der Waals surface area contributed by atoms with Crippen LogP contribution in [-0.2, 0) is 11.3 Å². The van der Waals surface area contributed by atoms with Crippen LogP contribution >= 0.6 is 11.8 Å². The highest BCUT2D eigenvalue weighted by atomic mass is 32.2. The molecule has 0 spiro atoms. The normalized spacial score (nSPS) is 10.6. The Morgan fingerprint density at radius 2 is 1.61 bits per heavy atom. The lowest BCUT2D eigenvalue weighted by Crippen LogP contribution is -2.32. The van der Waals surface area contributed by atoms with Crippen molar-refractivity contribution >= 4 is 17.7 Å². The molecule has 8 heteroatoms. The molecule has 1 aromatic heterocycles. The summed E-state index contributed by atoms with van der Waals surface area (Å²) in [5, 5.41) is 6.98. The van der Waals surface area contributed by atoms with Crippen molar-refractivity contribution in [1.29, 1.82) is 0 Å². The van der Waals surface area contributed by atoms with E-state index in [-0.39, 0.29) is 41.9 Å². The molecule has 5 nitrogen and oxygen atoms in total. The summed E-state index contributed by atoms with van der Waals surface area (Å²) >= 11 is 1.29. The molecule has 0 bridgehead atoms. The van der Waals surface area contributed by atoms with E-state index in [1.165, 1.54) is 46.8 Å². The number of aromatic nitrogens is 2. The summed E-state index contributed by atoms with van der Waals surface area (Å²) < 4.78 is 27.2. The van der Waals surface area contributed by atoms with Gasteiger partial charge in [0, 0.05) is 23.1 Å². The van der Waals surface area contributed by atoms with Gasteiger partial charge in [-0.2, -0.15) is 5.10 Å². The third kappa shape index (κ3) is 5.50. The van der Waals surface area contributed by atoms with Crippen LogP contribution < -0.4 is 10.9 Å². The lowest BCUT2D eigenvalue weighted by atomic mass is 10.1. The fraction of sp³-hybridized carbons (Fsp3) is 0.150. The van der Waals surface area contributed by atoms with E-state index in [2.05, 4.69) is 10.4 Å². The molecule has 0 unspecified atom stereocenters. The van der Waals surface area contributed by atoms with Crippen molar-refractivity contribution < 1.29 is 13.6 Å². The van der Waals surface area contributed by atoms with Crippen LogP contribution in [0.25, 0.3) is 11.3 Å². The minimum atomic E-state index is -0.349. The second-order valence-corrected chi connectivity index (χ2v) is 6.93. The van der Waals surface area contributed by atoms with E-state index < -0.39 is 0 Å². The van der Waals surface area contributed by atoms with Crippen molar-refractivity contribution in [2.45, 2.75) is 11.4 Å². The largest absolute Gasteiger partial charge is 0.354 e. The molecule has 28 heavy (non-hydrogen) atoms. The summed E-state index contributed by atoms with van der Waals surface area (Å²) in [7, 11) is 0. The van der Waals surface area contributed by atoms with Gasteiger partial charge in [-0.3, -0.25) is 9.59 Å². The predicted molar refractivity (Wildman–Crippen MR) is 104 cm³/mol. The first-order valence-corrected chi connectivity index (χ1v) is 9.49. The molecule has 0 atom stereocenters. The van der Waals surface area contributed by atoms with E-state index in [1.54, 1.807) is 30.3 Å². The minimum Gasteiger partial charge on any atom is -0.354 e. The molecule has 1 N–H and O–H groups in total. The van der Waals surface area contributed by atoms with Crippen LogP contribution in [0, 0.1) is 11.6 Å². The number of halogens is 2. The quantitative estimate of drug-likeness (QED) is 0.618. The van der Waals surface area contributed by atoms with Crippen LogP contribution in [0.3, 0.4) is 0 Å². The van der Waals surface area contributed by atoms with Crippen molar-refractivity contribution in [1.82, 2.24) is 15.1 Å². The Hall–Kier alpha value is -3.00. The third-order valence-electron chi connectivity index (χ3n) is 3.84. The predicted octanol–water partition coefficient (Wildman–Crippen LogP) is 3.10. The van der Waals surface area contributed by atoms with E-state index in [1.807, 2.05) is 0 Å². The Morgan fingerprint density at radius 1 is 0.964 bits per heavy atom. The van der Waals surface area contributed by atoms with Crippen LogP contribution in [0.1, 0.15) is 0 Å². The lowest BCUT2D eigenvalue weighted by Gasteiger charge is -2.09. The van der Waals surface area contributed by atoms with Gasteiger partial charge < -0.3 is 5.32 Å².